The molecule has 24 heavy (non-hydrogen) atoms. The highest BCUT2D eigenvalue weighted by Crippen LogP contribution is 2.23. The standard InChI is InChI=1S/C17H23ClN2O4/c1-17(2,3)14(21)16(23)20-10-24-9-13(20)15(22)19-8-11-5-4-6-12(18)7-11/h4-7,13-14,21H,8-10H2,1-3H3,(H,19,22). The highest BCUT2D eigenvalue weighted by atomic mass is 35.5. The van der Waals surface area contributed by atoms with E-state index in [0.717, 1.165) is 5.56 Å². The van der Waals surface area contributed by atoms with Crippen LogP contribution in [-0.2, 0) is 20.9 Å². The zero-order valence-corrected chi connectivity index (χ0v) is 14.8. The quantitative estimate of drug-likeness (QED) is 0.859. The van der Waals surface area contributed by atoms with Gasteiger partial charge in [0.25, 0.3) is 5.91 Å². The van der Waals surface area contributed by atoms with Crippen LogP contribution in [0.4, 0.5) is 0 Å². The Hall–Kier alpha value is -1.63. The van der Waals surface area contributed by atoms with Crippen molar-refractivity contribution in [2.24, 2.45) is 5.41 Å². The van der Waals surface area contributed by atoms with Gasteiger partial charge in [-0.2, -0.15) is 0 Å². The number of nitrogens with one attached hydrogen (secondary N) is 1. The lowest BCUT2D eigenvalue weighted by Gasteiger charge is -2.30. The second-order valence-electron chi connectivity index (χ2n) is 6.94. The average Bonchev–Trinajstić information content (AvgIpc) is 3.00. The number of carbonyl (C=O) groups excluding carboxylic acids is 2. The van der Waals surface area contributed by atoms with Crippen LogP contribution in [0.3, 0.4) is 0 Å². The second kappa shape index (κ2) is 7.51. The molecule has 6 nitrogen and oxygen atoms in total. The van der Waals surface area contributed by atoms with Gasteiger partial charge in [-0.05, 0) is 23.1 Å². The topological polar surface area (TPSA) is 78.9 Å². The van der Waals surface area contributed by atoms with Crippen LogP contribution in [0.25, 0.3) is 0 Å². The third kappa shape index (κ3) is 4.47. The Bertz CT molecular complexity index is 615. The van der Waals surface area contributed by atoms with E-state index >= 15 is 0 Å². The van der Waals surface area contributed by atoms with E-state index in [1.165, 1.54) is 4.90 Å². The first kappa shape index (κ1) is 18.7. The van der Waals surface area contributed by atoms with Crippen molar-refractivity contribution in [3.63, 3.8) is 0 Å². The van der Waals surface area contributed by atoms with Crippen LogP contribution in [0.5, 0.6) is 0 Å². The number of aliphatic hydroxyl groups excluding tert-OH is 1. The predicted octanol–water partition coefficient (Wildman–Crippen LogP) is 1.55. The number of amides is 2. The van der Waals surface area contributed by atoms with Crippen LogP contribution in [0, 0.1) is 5.41 Å². The van der Waals surface area contributed by atoms with E-state index in [1.807, 2.05) is 6.07 Å². The summed E-state index contributed by atoms with van der Waals surface area (Å²) in [6, 6.07) is 6.43. The van der Waals surface area contributed by atoms with Gasteiger partial charge >= 0.3 is 0 Å². The maximum absolute atomic E-state index is 12.4. The summed E-state index contributed by atoms with van der Waals surface area (Å²) in [7, 11) is 0. The summed E-state index contributed by atoms with van der Waals surface area (Å²) in [5.41, 5.74) is 0.254. The fourth-order valence-corrected chi connectivity index (χ4v) is 2.57. The first-order valence-electron chi connectivity index (χ1n) is 7.78. The number of nitrogens with zero attached hydrogens (tertiary/aromatic N) is 1. The number of benzene rings is 1. The van der Waals surface area contributed by atoms with Crippen molar-refractivity contribution < 1.29 is 19.4 Å². The highest BCUT2D eigenvalue weighted by Gasteiger charge is 2.40. The summed E-state index contributed by atoms with van der Waals surface area (Å²) in [4.78, 5) is 26.1. The number of carbonyl (C=O) groups is 2. The van der Waals surface area contributed by atoms with Gasteiger partial charge in [0.2, 0.25) is 5.91 Å². The largest absolute Gasteiger partial charge is 0.383 e. The molecule has 1 aliphatic heterocycles. The lowest BCUT2D eigenvalue weighted by Crippen LogP contribution is -2.52. The molecule has 0 aromatic heterocycles. The molecule has 7 heteroatoms. The molecule has 0 aliphatic carbocycles. The molecule has 0 radical (unpaired) electrons. The number of hydrogen-bond donors (Lipinski definition) is 2. The molecule has 1 aromatic rings. The van der Waals surface area contributed by atoms with Crippen molar-refractivity contribution in [3.05, 3.63) is 34.9 Å². The molecule has 0 saturated carbocycles. The number of rotatable bonds is 4. The van der Waals surface area contributed by atoms with E-state index in [9.17, 15) is 14.7 Å². The van der Waals surface area contributed by atoms with Crippen molar-refractivity contribution in [2.45, 2.75) is 39.5 Å². The smallest absolute Gasteiger partial charge is 0.254 e. The fraction of sp³-hybridized carbons (Fsp3) is 0.529. The van der Waals surface area contributed by atoms with Crippen LogP contribution in [0.15, 0.2) is 24.3 Å². The molecule has 132 valence electrons. The van der Waals surface area contributed by atoms with E-state index in [4.69, 9.17) is 16.3 Å². The van der Waals surface area contributed by atoms with E-state index in [0.29, 0.717) is 11.6 Å². The Kier molecular flexibility index (Phi) is 5.85. The number of ether oxygens (including phenoxy) is 1. The SMILES string of the molecule is CC(C)(C)C(O)C(=O)N1COCC1C(=O)NCc1cccc(Cl)c1. The molecular formula is C17H23ClN2O4. The molecule has 1 aliphatic rings. The molecule has 2 atom stereocenters. The van der Waals surface area contributed by atoms with Crippen LogP contribution in [-0.4, -0.2) is 47.3 Å². The Morgan fingerprint density at radius 2 is 2.17 bits per heavy atom. The van der Waals surface area contributed by atoms with Crippen molar-refractivity contribution >= 4 is 23.4 Å². The molecule has 0 spiro atoms. The van der Waals surface area contributed by atoms with Crippen molar-refractivity contribution in [1.82, 2.24) is 10.2 Å². The van der Waals surface area contributed by atoms with Crippen LogP contribution < -0.4 is 5.32 Å². The maximum Gasteiger partial charge on any atom is 0.254 e. The summed E-state index contributed by atoms with van der Waals surface area (Å²) >= 11 is 5.92. The Labute approximate surface area is 146 Å². The molecule has 0 bridgehead atoms. The molecule has 1 saturated heterocycles. The lowest BCUT2D eigenvalue weighted by atomic mass is 9.88. The molecule has 2 amide bonds. The number of hydrogen-bond acceptors (Lipinski definition) is 4. The number of aliphatic hydroxyl groups is 1. The molecule has 2 N–H and O–H groups in total. The van der Waals surface area contributed by atoms with Crippen LogP contribution in [0.2, 0.25) is 5.02 Å². The summed E-state index contributed by atoms with van der Waals surface area (Å²) in [5, 5.41) is 13.5. The van der Waals surface area contributed by atoms with Gasteiger partial charge in [-0.25, -0.2) is 0 Å². The fourth-order valence-electron chi connectivity index (χ4n) is 2.36. The third-order valence-corrected chi connectivity index (χ3v) is 4.11. The Morgan fingerprint density at radius 1 is 1.46 bits per heavy atom. The minimum absolute atomic E-state index is 0.00122. The first-order valence-corrected chi connectivity index (χ1v) is 8.16. The van der Waals surface area contributed by atoms with Gasteiger partial charge in [-0.3, -0.25) is 9.59 Å². The molecule has 1 fully saturated rings. The molecular weight excluding hydrogens is 332 g/mol. The zero-order valence-electron chi connectivity index (χ0n) is 14.1. The zero-order chi connectivity index (χ0) is 17.9. The molecule has 1 aromatic carbocycles. The Balaban J connectivity index is 1.99. The lowest BCUT2D eigenvalue weighted by molar-refractivity contribution is -0.150. The normalized spacial score (nSPS) is 19.2. The summed E-state index contributed by atoms with van der Waals surface area (Å²) in [5.74, 6) is -0.815. The van der Waals surface area contributed by atoms with Gasteiger partial charge in [0, 0.05) is 11.6 Å². The van der Waals surface area contributed by atoms with Gasteiger partial charge in [-0.1, -0.05) is 44.5 Å². The number of halogens is 1. The molecule has 1 heterocycles. The van der Waals surface area contributed by atoms with E-state index < -0.39 is 23.5 Å². The average molecular weight is 355 g/mol. The summed E-state index contributed by atoms with van der Waals surface area (Å²) in [6.45, 7) is 5.72. The highest BCUT2D eigenvalue weighted by molar-refractivity contribution is 6.30. The van der Waals surface area contributed by atoms with Crippen LogP contribution in [0.1, 0.15) is 26.3 Å². The van der Waals surface area contributed by atoms with Gasteiger partial charge in [-0.15, -0.1) is 0 Å². The minimum Gasteiger partial charge on any atom is -0.383 e. The van der Waals surface area contributed by atoms with Crippen molar-refractivity contribution in [3.8, 4) is 0 Å². The first-order chi connectivity index (χ1) is 11.2. The monoisotopic (exact) mass is 354 g/mol. The summed E-state index contributed by atoms with van der Waals surface area (Å²) < 4.78 is 5.26. The van der Waals surface area contributed by atoms with E-state index in [1.54, 1.807) is 39.0 Å². The minimum atomic E-state index is -1.19. The van der Waals surface area contributed by atoms with Gasteiger partial charge in [0.1, 0.15) is 18.9 Å². The predicted molar refractivity (Wildman–Crippen MR) is 90.2 cm³/mol. The van der Waals surface area contributed by atoms with Gasteiger partial charge in [0.05, 0.1) is 6.61 Å². The van der Waals surface area contributed by atoms with E-state index in [2.05, 4.69) is 5.32 Å². The maximum atomic E-state index is 12.4. The second-order valence-corrected chi connectivity index (χ2v) is 7.38. The Morgan fingerprint density at radius 3 is 2.79 bits per heavy atom. The van der Waals surface area contributed by atoms with Crippen LogP contribution >= 0.6 is 11.6 Å². The molecule has 2 unspecified atom stereocenters. The third-order valence-electron chi connectivity index (χ3n) is 3.88. The van der Waals surface area contributed by atoms with Crippen molar-refractivity contribution in [1.29, 1.82) is 0 Å². The van der Waals surface area contributed by atoms with E-state index in [-0.39, 0.29) is 19.2 Å². The molecule has 2 rings (SSSR count). The van der Waals surface area contributed by atoms with Crippen molar-refractivity contribution in [2.75, 3.05) is 13.3 Å². The van der Waals surface area contributed by atoms with Gasteiger partial charge in [0.15, 0.2) is 0 Å². The summed E-state index contributed by atoms with van der Waals surface area (Å²) in [6.07, 6.45) is -1.19. The van der Waals surface area contributed by atoms with Gasteiger partial charge < -0.3 is 20.1 Å².